The number of thiazole rings is 1. The number of carbonyl (C=O) groups excluding carboxylic acids is 2. The molecule has 0 spiro atoms. The van der Waals surface area contributed by atoms with E-state index in [9.17, 15) is 14.0 Å². The number of halogens is 1. The molecular weight excluding hydrogens is 391 g/mol. The Hall–Kier alpha value is -2.87. The smallest absolute Gasteiger partial charge is 0.265 e. The number of hydrogen-bond acceptors (Lipinski definition) is 5. The summed E-state index contributed by atoms with van der Waals surface area (Å²) in [6, 6.07) is 5.92. The highest BCUT2D eigenvalue weighted by molar-refractivity contribution is 7.13. The van der Waals surface area contributed by atoms with Crippen LogP contribution in [0.15, 0.2) is 24.3 Å². The zero-order valence-electron chi connectivity index (χ0n) is 16.2. The molecule has 2 amide bonds. The van der Waals surface area contributed by atoms with E-state index in [2.05, 4.69) is 9.97 Å². The third-order valence-electron chi connectivity index (χ3n) is 5.34. The Morgan fingerprint density at radius 3 is 2.52 bits per heavy atom. The molecule has 0 radical (unpaired) electrons. The van der Waals surface area contributed by atoms with Crippen LogP contribution in [0.3, 0.4) is 0 Å². The van der Waals surface area contributed by atoms with Crippen molar-refractivity contribution in [2.75, 3.05) is 13.1 Å². The molecular formula is C21H21FN4O2S. The number of aryl methyl sites for hydroxylation is 2. The van der Waals surface area contributed by atoms with Gasteiger partial charge >= 0.3 is 0 Å². The topological polar surface area (TPSA) is 89.2 Å². The first-order valence-corrected chi connectivity index (χ1v) is 10.3. The van der Waals surface area contributed by atoms with Gasteiger partial charge in [-0.2, -0.15) is 0 Å². The van der Waals surface area contributed by atoms with Gasteiger partial charge in [0.05, 0.1) is 27.5 Å². The molecule has 1 aliphatic heterocycles. The number of fused-ring (bicyclic) bond motifs is 1. The van der Waals surface area contributed by atoms with Crippen molar-refractivity contribution in [2.24, 2.45) is 5.73 Å². The number of pyridine rings is 1. The predicted octanol–water partition coefficient (Wildman–Crippen LogP) is 3.57. The van der Waals surface area contributed by atoms with Gasteiger partial charge in [-0.05, 0) is 51.0 Å². The van der Waals surface area contributed by atoms with Gasteiger partial charge in [-0.1, -0.05) is 0 Å². The van der Waals surface area contributed by atoms with Crippen molar-refractivity contribution in [2.45, 2.75) is 32.6 Å². The zero-order valence-corrected chi connectivity index (χ0v) is 17.1. The highest BCUT2D eigenvalue weighted by Crippen LogP contribution is 2.32. The van der Waals surface area contributed by atoms with E-state index in [4.69, 9.17) is 5.73 Å². The summed E-state index contributed by atoms with van der Waals surface area (Å²) < 4.78 is 13.5. The highest BCUT2D eigenvalue weighted by atomic mass is 32.1. The van der Waals surface area contributed by atoms with Gasteiger partial charge in [-0.3, -0.25) is 14.6 Å². The lowest BCUT2D eigenvalue weighted by Gasteiger charge is -2.32. The molecule has 3 aromatic rings. The SMILES string of the molecule is Cc1nc(C)c(C(=O)N2CCC(c3nc4ccc(F)cc4cc3C(N)=O)CC2)s1. The number of piperidine rings is 1. The maximum absolute atomic E-state index is 13.5. The summed E-state index contributed by atoms with van der Waals surface area (Å²) in [5, 5.41) is 1.43. The summed E-state index contributed by atoms with van der Waals surface area (Å²) in [4.78, 5) is 36.3. The van der Waals surface area contributed by atoms with E-state index < -0.39 is 5.91 Å². The van der Waals surface area contributed by atoms with Crippen LogP contribution >= 0.6 is 11.3 Å². The fourth-order valence-corrected chi connectivity index (χ4v) is 4.79. The molecule has 1 saturated heterocycles. The molecule has 1 aromatic carbocycles. The monoisotopic (exact) mass is 412 g/mol. The number of nitrogens with zero attached hydrogens (tertiary/aromatic N) is 3. The minimum absolute atomic E-state index is 0.00335. The van der Waals surface area contributed by atoms with Gasteiger partial charge in [0.15, 0.2) is 0 Å². The van der Waals surface area contributed by atoms with Gasteiger partial charge in [-0.15, -0.1) is 11.3 Å². The molecule has 2 N–H and O–H groups in total. The van der Waals surface area contributed by atoms with Gasteiger partial charge in [0.2, 0.25) is 0 Å². The van der Waals surface area contributed by atoms with E-state index in [-0.39, 0.29) is 17.6 Å². The third-order valence-corrected chi connectivity index (χ3v) is 6.40. The lowest BCUT2D eigenvalue weighted by atomic mass is 9.89. The molecule has 0 unspecified atom stereocenters. The minimum Gasteiger partial charge on any atom is -0.366 e. The van der Waals surface area contributed by atoms with E-state index in [0.29, 0.717) is 53.0 Å². The molecule has 1 aliphatic rings. The predicted molar refractivity (Wildman–Crippen MR) is 110 cm³/mol. The fourth-order valence-electron chi connectivity index (χ4n) is 3.90. The normalized spacial score (nSPS) is 15.1. The van der Waals surface area contributed by atoms with Gasteiger partial charge in [0, 0.05) is 24.4 Å². The number of likely N-dealkylation sites (tertiary alicyclic amines) is 1. The van der Waals surface area contributed by atoms with Crippen LogP contribution in [-0.4, -0.2) is 39.8 Å². The van der Waals surface area contributed by atoms with Gasteiger partial charge in [-0.25, -0.2) is 9.37 Å². The summed E-state index contributed by atoms with van der Waals surface area (Å²) in [5.74, 6) is -0.945. The van der Waals surface area contributed by atoms with Crippen LogP contribution in [0, 0.1) is 19.7 Å². The van der Waals surface area contributed by atoms with Gasteiger partial charge in [0.25, 0.3) is 11.8 Å². The second-order valence-electron chi connectivity index (χ2n) is 7.34. The molecule has 150 valence electrons. The first-order chi connectivity index (χ1) is 13.8. The standard InChI is InChI=1S/C21H21FN4O2S/c1-11-19(29-12(2)24-11)21(28)26-7-5-13(6-8-26)18-16(20(23)27)10-14-9-15(22)3-4-17(14)25-18/h3-4,9-10,13H,5-8H2,1-2H3,(H2,23,27). The second-order valence-corrected chi connectivity index (χ2v) is 8.54. The van der Waals surface area contributed by atoms with Crippen LogP contribution in [0.2, 0.25) is 0 Å². The zero-order chi connectivity index (χ0) is 20.7. The Morgan fingerprint density at radius 1 is 1.17 bits per heavy atom. The van der Waals surface area contributed by atoms with E-state index in [1.807, 2.05) is 18.7 Å². The minimum atomic E-state index is -0.576. The number of rotatable bonds is 3. The van der Waals surface area contributed by atoms with Crippen molar-refractivity contribution in [3.05, 3.63) is 56.9 Å². The number of hydrogen-bond donors (Lipinski definition) is 1. The fraction of sp³-hybridized carbons (Fsp3) is 0.333. The summed E-state index contributed by atoms with van der Waals surface area (Å²) in [6.07, 6.45) is 1.37. The van der Waals surface area contributed by atoms with Crippen LogP contribution in [0.1, 0.15) is 55.2 Å². The van der Waals surface area contributed by atoms with Crippen molar-refractivity contribution in [1.29, 1.82) is 0 Å². The summed E-state index contributed by atoms with van der Waals surface area (Å²) >= 11 is 1.42. The number of carbonyl (C=O) groups is 2. The van der Waals surface area contributed by atoms with Crippen molar-refractivity contribution >= 4 is 34.1 Å². The van der Waals surface area contributed by atoms with E-state index in [0.717, 1.165) is 10.7 Å². The van der Waals surface area contributed by atoms with Crippen molar-refractivity contribution < 1.29 is 14.0 Å². The molecule has 0 bridgehead atoms. The Kier molecular flexibility index (Phi) is 5.04. The molecule has 0 aliphatic carbocycles. The number of amides is 2. The summed E-state index contributed by atoms with van der Waals surface area (Å²) in [6.45, 7) is 4.89. The number of primary amides is 1. The van der Waals surface area contributed by atoms with Crippen molar-refractivity contribution in [1.82, 2.24) is 14.9 Å². The molecule has 0 saturated carbocycles. The van der Waals surface area contributed by atoms with Crippen molar-refractivity contribution in [3.63, 3.8) is 0 Å². The summed E-state index contributed by atoms with van der Waals surface area (Å²) in [5.41, 5.74) is 7.92. The molecule has 2 aromatic heterocycles. The molecule has 3 heterocycles. The average molecular weight is 412 g/mol. The average Bonchev–Trinajstić information content (AvgIpc) is 3.04. The van der Waals surface area contributed by atoms with Crippen LogP contribution in [0.25, 0.3) is 10.9 Å². The van der Waals surface area contributed by atoms with Crippen LogP contribution in [0.5, 0.6) is 0 Å². The van der Waals surface area contributed by atoms with Gasteiger partial charge < -0.3 is 10.6 Å². The quantitative estimate of drug-likeness (QED) is 0.712. The Labute approximate surface area is 171 Å². The summed E-state index contributed by atoms with van der Waals surface area (Å²) in [7, 11) is 0. The number of nitrogens with two attached hydrogens (primary N) is 1. The molecule has 29 heavy (non-hydrogen) atoms. The maximum atomic E-state index is 13.5. The molecule has 0 atom stereocenters. The Morgan fingerprint density at radius 2 is 1.90 bits per heavy atom. The van der Waals surface area contributed by atoms with Crippen LogP contribution < -0.4 is 5.73 Å². The third kappa shape index (κ3) is 3.72. The maximum Gasteiger partial charge on any atom is 0.265 e. The van der Waals surface area contributed by atoms with Gasteiger partial charge in [0.1, 0.15) is 10.7 Å². The lowest BCUT2D eigenvalue weighted by Crippen LogP contribution is -2.38. The highest BCUT2D eigenvalue weighted by Gasteiger charge is 2.29. The van der Waals surface area contributed by atoms with Crippen LogP contribution in [0.4, 0.5) is 4.39 Å². The Bertz CT molecular complexity index is 1120. The lowest BCUT2D eigenvalue weighted by molar-refractivity contribution is 0.0715. The first-order valence-electron chi connectivity index (χ1n) is 9.47. The molecule has 4 rings (SSSR count). The Balaban J connectivity index is 1.58. The molecule has 8 heteroatoms. The molecule has 1 fully saturated rings. The number of aromatic nitrogens is 2. The van der Waals surface area contributed by atoms with E-state index >= 15 is 0 Å². The second kappa shape index (κ2) is 7.51. The van der Waals surface area contributed by atoms with Crippen LogP contribution in [-0.2, 0) is 0 Å². The number of benzene rings is 1. The van der Waals surface area contributed by atoms with Crippen molar-refractivity contribution in [3.8, 4) is 0 Å². The van der Waals surface area contributed by atoms with E-state index in [1.165, 1.54) is 23.5 Å². The largest absolute Gasteiger partial charge is 0.366 e. The molecule has 6 nitrogen and oxygen atoms in total. The first kappa shape index (κ1) is 19.4. The van der Waals surface area contributed by atoms with E-state index in [1.54, 1.807) is 12.1 Å².